The molecule has 1 aliphatic rings. The lowest BCUT2D eigenvalue weighted by Crippen LogP contribution is -2.46. The Bertz CT molecular complexity index is 1370. The number of nitrogens with zero attached hydrogens (tertiary/aromatic N) is 1. The van der Waals surface area contributed by atoms with Crippen molar-refractivity contribution in [1.82, 2.24) is 5.32 Å². The number of carboxylic acid groups (broad SMARTS) is 2. The van der Waals surface area contributed by atoms with Gasteiger partial charge in [-0.3, -0.25) is 4.31 Å². The van der Waals surface area contributed by atoms with Crippen LogP contribution in [0.2, 0.25) is 0 Å². The smallest absolute Gasteiger partial charge is 0.349 e. The molecule has 1 saturated heterocycles. The molecule has 36 heavy (non-hydrogen) atoms. The first-order valence-electron chi connectivity index (χ1n) is 11.0. The van der Waals surface area contributed by atoms with Crippen LogP contribution in [0.4, 0.5) is 5.69 Å². The minimum atomic E-state index is -3.88. The van der Waals surface area contributed by atoms with E-state index in [-0.39, 0.29) is 21.6 Å². The number of thiophene rings is 1. The number of carbonyl (C=O) groups is 2. The SMILES string of the molecule is O=C(O)COc1c(C(=O)O)sc(-c2cccc(N(C3CCNCC3)S(=O)(=O)c3ccccc3)c2)c1Br. The zero-order valence-electron chi connectivity index (χ0n) is 18.9. The van der Waals surface area contributed by atoms with Crippen molar-refractivity contribution in [3.63, 3.8) is 0 Å². The van der Waals surface area contributed by atoms with Crippen LogP contribution < -0.4 is 14.4 Å². The average molecular weight is 595 g/mol. The number of hydrogen-bond acceptors (Lipinski definition) is 7. The van der Waals surface area contributed by atoms with Gasteiger partial charge in [0.25, 0.3) is 10.0 Å². The van der Waals surface area contributed by atoms with Crippen LogP contribution in [0.1, 0.15) is 22.5 Å². The van der Waals surface area contributed by atoms with Gasteiger partial charge >= 0.3 is 11.9 Å². The Hall–Kier alpha value is -2.93. The first-order chi connectivity index (χ1) is 17.2. The zero-order chi connectivity index (χ0) is 25.9. The second-order valence-electron chi connectivity index (χ2n) is 8.04. The van der Waals surface area contributed by atoms with Crippen molar-refractivity contribution in [2.45, 2.75) is 23.8 Å². The predicted octanol–water partition coefficient (Wildman–Crippen LogP) is 4.29. The number of hydrogen-bond donors (Lipinski definition) is 3. The fraction of sp³-hybridized carbons (Fsp3) is 0.250. The predicted molar refractivity (Wildman–Crippen MR) is 140 cm³/mol. The number of benzene rings is 2. The summed E-state index contributed by atoms with van der Waals surface area (Å²) in [5, 5.41) is 21.8. The maximum atomic E-state index is 13.8. The second kappa shape index (κ2) is 11.0. The quantitative estimate of drug-likeness (QED) is 0.334. The van der Waals surface area contributed by atoms with Crippen LogP contribution in [0.5, 0.6) is 5.75 Å². The molecule has 1 fully saturated rings. The van der Waals surface area contributed by atoms with Crippen molar-refractivity contribution in [2.24, 2.45) is 0 Å². The molecule has 1 aromatic heterocycles. The van der Waals surface area contributed by atoms with E-state index in [0.717, 1.165) is 11.3 Å². The van der Waals surface area contributed by atoms with Gasteiger partial charge in [0.15, 0.2) is 17.2 Å². The van der Waals surface area contributed by atoms with E-state index in [1.807, 2.05) is 0 Å². The minimum absolute atomic E-state index is 0.0811. The third kappa shape index (κ3) is 5.41. The number of piperidine rings is 1. The van der Waals surface area contributed by atoms with Crippen molar-refractivity contribution < 1.29 is 33.0 Å². The van der Waals surface area contributed by atoms with E-state index >= 15 is 0 Å². The molecule has 4 rings (SSSR count). The summed E-state index contributed by atoms with van der Waals surface area (Å²) >= 11 is 4.28. The topological polar surface area (TPSA) is 133 Å². The molecule has 9 nitrogen and oxygen atoms in total. The summed E-state index contributed by atoms with van der Waals surface area (Å²) in [7, 11) is -3.88. The normalized spacial score (nSPS) is 14.4. The molecule has 0 saturated carbocycles. The molecule has 0 spiro atoms. The Kier molecular flexibility index (Phi) is 7.98. The van der Waals surface area contributed by atoms with Crippen molar-refractivity contribution in [2.75, 3.05) is 24.0 Å². The number of aliphatic carboxylic acids is 1. The monoisotopic (exact) mass is 594 g/mol. The van der Waals surface area contributed by atoms with E-state index in [1.54, 1.807) is 54.6 Å². The number of anilines is 1. The van der Waals surface area contributed by atoms with Crippen LogP contribution in [0.3, 0.4) is 0 Å². The lowest BCUT2D eigenvalue weighted by atomic mass is 10.1. The largest absolute Gasteiger partial charge is 0.479 e. The molecule has 3 N–H and O–H groups in total. The molecule has 0 atom stereocenters. The average Bonchev–Trinajstić information content (AvgIpc) is 3.20. The van der Waals surface area contributed by atoms with Gasteiger partial charge in [-0.25, -0.2) is 18.0 Å². The van der Waals surface area contributed by atoms with Crippen LogP contribution in [0.25, 0.3) is 10.4 Å². The van der Waals surface area contributed by atoms with Gasteiger partial charge in [0.2, 0.25) is 0 Å². The van der Waals surface area contributed by atoms with Crippen molar-refractivity contribution in [3.05, 3.63) is 63.9 Å². The summed E-state index contributed by atoms with van der Waals surface area (Å²) in [4.78, 5) is 23.3. The molecule has 2 heterocycles. The first-order valence-corrected chi connectivity index (χ1v) is 14.1. The standard InChI is InChI=1S/C24H23BrN2O7S2/c25-20-21(34-14-19(28)29)23(24(30)31)35-22(20)15-5-4-6-17(13-15)27(16-9-11-26-12-10-16)36(32,33)18-7-2-1-3-8-18/h1-8,13,16,26H,9-12,14H2,(H,28,29)(H,30,31). The van der Waals surface area contributed by atoms with E-state index in [9.17, 15) is 23.1 Å². The summed E-state index contributed by atoms with van der Waals surface area (Å²) in [6.07, 6.45) is 1.27. The van der Waals surface area contributed by atoms with Gasteiger partial charge in [-0.2, -0.15) is 0 Å². The Morgan fingerprint density at radius 2 is 1.78 bits per heavy atom. The minimum Gasteiger partial charge on any atom is -0.479 e. The number of aromatic carboxylic acids is 1. The molecule has 190 valence electrons. The van der Waals surface area contributed by atoms with E-state index in [1.165, 1.54) is 4.31 Å². The number of rotatable bonds is 9. The van der Waals surface area contributed by atoms with E-state index < -0.39 is 28.6 Å². The fourth-order valence-corrected chi connectivity index (χ4v) is 7.67. The molecule has 0 unspecified atom stereocenters. The van der Waals surface area contributed by atoms with Gasteiger partial charge in [0.05, 0.1) is 19.9 Å². The zero-order valence-corrected chi connectivity index (χ0v) is 22.1. The summed E-state index contributed by atoms with van der Waals surface area (Å²) < 4.78 is 34.6. The maximum absolute atomic E-state index is 13.8. The summed E-state index contributed by atoms with van der Waals surface area (Å²) in [6, 6.07) is 14.8. The van der Waals surface area contributed by atoms with Crippen LogP contribution in [-0.4, -0.2) is 56.3 Å². The summed E-state index contributed by atoms with van der Waals surface area (Å²) in [5.74, 6) is -2.58. The van der Waals surface area contributed by atoms with Crippen LogP contribution in [-0.2, 0) is 14.8 Å². The molecule has 0 amide bonds. The third-order valence-corrected chi connectivity index (χ3v) is 9.77. The number of nitrogens with one attached hydrogen (secondary N) is 1. The van der Waals surface area contributed by atoms with E-state index in [4.69, 9.17) is 9.84 Å². The van der Waals surface area contributed by atoms with Crippen molar-refractivity contribution in [3.8, 4) is 16.2 Å². The van der Waals surface area contributed by atoms with Gasteiger partial charge in [-0.15, -0.1) is 11.3 Å². The molecule has 0 aliphatic carbocycles. The van der Waals surface area contributed by atoms with Gasteiger partial charge in [-0.05, 0) is 71.7 Å². The molecule has 2 aromatic carbocycles. The van der Waals surface area contributed by atoms with Crippen LogP contribution in [0.15, 0.2) is 64.0 Å². The van der Waals surface area contributed by atoms with Crippen molar-refractivity contribution >= 4 is 54.9 Å². The molecular weight excluding hydrogens is 572 g/mol. The first kappa shape index (κ1) is 26.1. The third-order valence-electron chi connectivity index (χ3n) is 5.65. The highest BCUT2D eigenvalue weighted by molar-refractivity contribution is 9.10. The Morgan fingerprint density at radius 1 is 1.08 bits per heavy atom. The number of carboxylic acids is 2. The molecule has 12 heteroatoms. The fourth-order valence-electron chi connectivity index (χ4n) is 4.06. The highest BCUT2D eigenvalue weighted by Gasteiger charge is 2.33. The summed E-state index contributed by atoms with van der Waals surface area (Å²) in [6.45, 7) is 0.676. The number of ether oxygens (including phenoxy) is 1. The van der Waals surface area contributed by atoms with Gasteiger partial charge in [0, 0.05) is 6.04 Å². The van der Waals surface area contributed by atoms with Gasteiger partial charge in [0.1, 0.15) is 0 Å². The highest BCUT2D eigenvalue weighted by Crippen LogP contribution is 2.46. The number of sulfonamides is 1. The molecule has 3 aromatic rings. The molecular formula is C24H23BrN2O7S2. The molecule has 1 aliphatic heterocycles. The maximum Gasteiger partial charge on any atom is 0.349 e. The van der Waals surface area contributed by atoms with Crippen LogP contribution >= 0.6 is 27.3 Å². The van der Waals surface area contributed by atoms with Gasteiger partial charge in [-0.1, -0.05) is 30.3 Å². The van der Waals surface area contributed by atoms with Crippen LogP contribution in [0, 0.1) is 0 Å². The molecule has 0 radical (unpaired) electrons. The number of halogens is 1. The lowest BCUT2D eigenvalue weighted by molar-refractivity contribution is -0.139. The van der Waals surface area contributed by atoms with E-state index in [0.29, 0.717) is 46.5 Å². The molecule has 0 bridgehead atoms. The van der Waals surface area contributed by atoms with E-state index in [2.05, 4.69) is 21.2 Å². The Balaban J connectivity index is 1.81. The lowest BCUT2D eigenvalue weighted by Gasteiger charge is -2.35. The second-order valence-corrected chi connectivity index (χ2v) is 11.7. The van der Waals surface area contributed by atoms with Crippen molar-refractivity contribution in [1.29, 1.82) is 0 Å². The van der Waals surface area contributed by atoms with Gasteiger partial charge < -0.3 is 20.3 Å². The highest BCUT2D eigenvalue weighted by atomic mass is 79.9. The Labute approximate surface area is 220 Å². The Morgan fingerprint density at radius 3 is 2.42 bits per heavy atom. The summed E-state index contributed by atoms with van der Waals surface area (Å²) in [5.41, 5.74) is 1.02.